The van der Waals surface area contributed by atoms with E-state index in [4.69, 9.17) is 20.1 Å². The van der Waals surface area contributed by atoms with E-state index in [9.17, 15) is 4.79 Å². The van der Waals surface area contributed by atoms with E-state index in [0.717, 1.165) is 5.56 Å². The molecule has 0 radical (unpaired) electrons. The molecule has 1 rings (SSSR count). The summed E-state index contributed by atoms with van der Waals surface area (Å²) < 4.78 is 5.41. The van der Waals surface area contributed by atoms with Crippen LogP contribution in [0.15, 0.2) is 30.3 Å². The molecule has 1 amide bonds. The number of carbonyl (C=O) groups is 1. The third-order valence-electron chi connectivity index (χ3n) is 3.01. The van der Waals surface area contributed by atoms with Crippen molar-refractivity contribution in [3.05, 3.63) is 35.9 Å². The number of hydrogen-bond donors (Lipinski definition) is 4. The molecular weight excluding hydrogens is 262 g/mol. The van der Waals surface area contributed by atoms with Crippen LogP contribution in [0.1, 0.15) is 12.5 Å². The van der Waals surface area contributed by atoms with E-state index in [0.29, 0.717) is 0 Å². The van der Waals surface area contributed by atoms with Crippen molar-refractivity contribution >= 4 is 5.91 Å². The second-order valence-electron chi connectivity index (χ2n) is 4.68. The van der Waals surface area contributed by atoms with E-state index in [-0.39, 0.29) is 6.61 Å². The molecule has 1 aromatic carbocycles. The second kappa shape index (κ2) is 7.96. The molecule has 0 aliphatic heterocycles. The molecule has 0 bridgehead atoms. The molecule has 6 nitrogen and oxygen atoms in total. The quantitative estimate of drug-likeness (QED) is 0.512. The van der Waals surface area contributed by atoms with Crippen molar-refractivity contribution in [2.75, 3.05) is 19.8 Å². The number of carbonyl (C=O) groups excluding carboxylic acids is 1. The maximum absolute atomic E-state index is 11.9. The second-order valence-corrected chi connectivity index (χ2v) is 4.68. The van der Waals surface area contributed by atoms with Gasteiger partial charge in [-0.15, -0.1) is 0 Å². The molecule has 0 saturated heterocycles. The fourth-order valence-corrected chi connectivity index (χ4v) is 1.50. The lowest BCUT2D eigenvalue weighted by Crippen LogP contribution is -2.59. The SMILES string of the molecule is CC(OCc1ccccc1)C(=O)NC(CO)(CO)CO. The van der Waals surface area contributed by atoms with E-state index in [2.05, 4.69) is 5.32 Å². The largest absolute Gasteiger partial charge is 0.394 e. The Hall–Kier alpha value is -1.47. The molecule has 1 aromatic rings. The minimum Gasteiger partial charge on any atom is -0.394 e. The van der Waals surface area contributed by atoms with Gasteiger partial charge < -0.3 is 25.4 Å². The van der Waals surface area contributed by atoms with Crippen LogP contribution in [0.25, 0.3) is 0 Å². The van der Waals surface area contributed by atoms with Gasteiger partial charge in [0, 0.05) is 0 Å². The molecule has 0 aromatic heterocycles. The normalized spacial score (nSPS) is 13.0. The summed E-state index contributed by atoms with van der Waals surface area (Å²) >= 11 is 0. The molecule has 0 aliphatic rings. The Balaban J connectivity index is 2.50. The predicted molar refractivity (Wildman–Crippen MR) is 72.8 cm³/mol. The van der Waals surface area contributed by atoms with Gasteiger partial charge in [0.25, 0.3) is 0 Å². The van der Waals surface area contributed by atoms with Crippen molar-refractivity contribution < 1.29 is 24.9 Å². The van der Waals surface area contributed by atoms with Gasteiger partial charge in [-0.2, -0.15) is 0 Å². The van der Waals surface area contributed by atoms with Gasteiger partial charge in [0.05, 0.1) is 26.4 Å². The summed E-state index contributed by atoms with van der Waals surface area (Å²) in [5.74, 6) is -0.502. The van der Waals surface area contributed by atoms with E-state index in [1.54, 1.807) is 6.92 Å². The van der Waals surface area contributed by atoms with Gasteiger partial charge in [0.2, 0.25) is 5.91 Å². The first-order valence-electron chi connectivity index (χ1n) is 6.37. The van der Waals surface area contributed by atoms with Crippen LogP contribution in [0.4, 0.5) is 0 Å². The van der Waals surface area contributed by atoms with Crippen LogP contribution in [0.2, 0.25) is 0 Å². The van der Waals surface area contributed by atoms with Gasteiger partial charge in [-0.05, 0) is 12.5 Å². The summed E-state index contributed by atoms with van der Waals surface area (Å²) in [5, 5.41) is 29.8. The predicted octanol–water partition coefficient (Wildman–Crippen LogP) is -0.576. The average Bonchev–Trinajstić information content (AvgIpc) is 2.51. The molecule has 20 heavy (non-hydrogen) atoms. The summed E-state index contributed by atoms with van der Waals surface area (Å²) in [6.07, 6.45) is -0.765. The van der Waals surface area contributed by atoms with Crippen molar-refractivity contribution in [2.45, 2.75) is 25.2 Å². The summed E-state index contributed by atoms with van der Waals surface area (Å²) in [6, 6.07) is 9.39. The molecule has 0 saturated carbocycles. The Bertz CT molecular complexity index is 397. The van der Waals surface area contributed by atoms with Gasteiger partial charge in [-0.3, -0.25) is 4.79 Å². The maximum Gasteiger partial charge on any atom is 0.249 e. The lowest BCUT2D eigenvalue weighted by atomic mass is 10.0. The third kappa shape index (κ3) is 4.57. The molecule has 1 unspecified atom stereocenters. The summed E-state index contributed by atoms with van der Waals surface area (Å²) in [5.41, 5.74) is -0.494. The highest BCUT2D eigenvalue weighted by Crippen LogP contribution is 2.06. The van der Waals surface area contributed by atoms with E-state index in [1.165, 1.54) is 0 Å². The Labute approximate surface area is 118 Å². The van der Waals surface area contributed by atoms with Gasteiger partial charge in [-0.25, -0.2) is 0 Å². The van der Waals surface area contributed by atoms with Crippen molar-refractivity contribution in [3.63, 3.8) is 0 Å². The Morgan fingerprint density at radius 2 is 1.75 bits per heavy atom. The lowest BCUT2D eigenvalue weighted by Gasteiger charge is -2.30. The molecule has 0 spiro atoms. The lowest BCUT2D eigenvalue weighted by molar-refractivity contribution is -0.136. The van der Waals surface area contributed by atoms with Crippen LogP contribution in [-0.2, 0) is 16.1 Å². The summed E-state index contributed by atoms with van der Waals surface area (Å²) in [4.78, 5) is 11.9. The molecule has 4 N–H and O–H groups in total. The molecule has 6 heteroatoms. The molecule has 0 aliphatic carbocycles. The smallest absolute Gasteiger partial charge is 0.249 e. The van der Waals surface area contributed by atoms with Crippen molar-refractivity contribution in [2.24, 2.45) is 0 Å². The number of ether oxygens (including phenoxy) is 1. The minimum absolute atomic E-state index is 0.278. The zero-order valence-corrected chi connectivity index (χ0v) is 11.5. The van der Waals surface area contributed by atoms with Gasteiger partial charge in [0.15, 0.2) is 0 Å². The molecule has 1 atom stereocenters. The minimum atomic E-state index is -1.43. The monoisotopic (exact) mass is 283 g/mol. The van der Waals surface area contributed by atoms with Crippen molar-refractivity contribution in [3.8, 4) is 0 Å². The molecule has 0 fully saturated rings. The standard InChI is InChI=1S/C14H21NO5/c1-11(20-7-12-5-3-2-4-6-12)13(19)15-14(8-16,9-17)10-18/h2-6,11,16-18H,7-10H2,1H3,(H,15,19). The van der Waals surface area contributed by atoms with Crippen molar-refractivity contribution in [1.29, 1.82) is 0 Å². The summed E-state index contributed by atoms with van der Waals surface area (Å²) in [6.45, 7) is 0.167. The van der Waals surface area contributed by atoms with Crippen LogP contribution in [0.5, 0.6) is 0 Å². The highest BCUT2D eigenvalue weighted by Gasteiger charge is 2.31. The van der Waals surface area contributed by atoms with Gasteiger partial charge in [-0.1, -0.05) is 30.3 Å². The van der Waals surface area contributed by atoms with Gasteiger partial charge in [0.1, 0.15) is 11.6 Å². The topological polar surface area (TPSA) is 99.0 Å². The fourth-order valence-electron chi connectivity index (χ4n) is 1.50. The van der Waals surface area contributed by atoms with Crippen LogP contribution in [-0.4, -0.2) is 52.7 Å². The van der Waals surface area contributed by atoms with Crippen LogP contribution < -0.4 is 5.32 Å². The Morgan fingerprint density at radius 3 is 2.25 bits per heavy atom. The molecular formula is C14H21NO5. The summed E-state index contributed by atoms with van der Waals surface area (Å²) in [7, 11) is 0. The number of aliphatic hydroxyl groups is 3. The number of amides is 1. The maximum atomic E-state index is 11.9. The Morgan fingerprint density at radius 1 is 1.20 bits per heavy atom. The first-order chi connectivity index (χ1) is 9.56. The van der Waals surface area contributed by atoms with Crippen LogP contribution >= 0.6 is 0 Å². The zero-order chi connectivity index (χ0) is 15.0. The first-order valence-corrected chi connectivity index (χ1v) is 6.37. The third-order valence-corrected chi connectivity index (χ3v) is 3.01. The zero-order valence-electron chi connectivity index (χ0n) is 11.5. The number of rotatable bonds is 8. The fraction of sp³-hybridized carbons (Fsp3) is 0.500. The molecule has 112 valence electrons. The van der Waals surface area contributed by atoms with E-state index >= 15 is 0 Å². The van der Waals surface area contributed by atoms with Crippen molar-refractivity contribution in [1.82, 2.24) is 5.32 Å². The number of hydrogen-bond acceptors (Lipinski definition) is 5. The van der Waals surface area contributed by atoms with Crippen LogP contribution in [0, 0.1) is 0 Å². The molecule has 0 heterocycles. The highest BCUT2D eigenvalue weighted by molar-refractivity contribution is 5.81. The van der Waals surface area contributed by atoms with Crippen LogP contribution in [0.3, 0.4) is 0 Å². The first kappa shape index (κ1) is 16.6. The average molecular weight is 283 g/mol. The van der Waals surface area contributed by atoms with E-state index < -0.39 is 37.4 Å². The number of benzene rings is 1. The highest BCUT2D eigenvalue weighted by atomic mass is 16.5. The van der Waals surface area contributed by atoms with Gasteiger partial charge >= 0.3 is 0 Å². The van der Waals surface area contributed by atoms with E-state index in [1.807, 2.05) is 30.3 Å². The Kier molecular flexibility index (Phi) is 6.60. The number of nitrogens with one attached hydrogen (secondary N) is 1. The number of aliphatic hydroxyl groups excluding tert-OH is 3.